The SMILES string of the molecule is CCCCCCOc1ccc(NC(=O)CCC(=O)c2cccs2)cc1. The fraction of sp³-hybridized carbons (Fsp3) is 0.400. The molecular formula is C20H25NO3S. The molecule has 0 atom stereocenters. The number of hydrogen-bond donors (Lipinski definition) is 1. The highest BCUT2D eigenvalue weighted by Gasteiger charge is 2.10. The molecule has 0 aliphatic heterocycles. The molecule has 5 heteroatoms. The molecule has 1 N–H and O–H groups in total. The summed E-state index contributed by atoms with van der Waals surface area (Å²) >= 11 is 1.40. The Morgan fingerprint density at radius 2 is 1.84 bits per heavy atom. The van der Waals surface area contributed by atoms with Gasteiger partial charge >= 0.3 is 0 Å². The molecule has 1 heterocycles. The molecule has 1 aromatic heterocycles. The van der Waals surface area contributed by atoms with Gasteiger partial charge in [-0.05, 0) is 42.1 Å². The number of rotatable bonds is 11. The summed E-state index contributed by atoms with van der Waals surface area (Å²) in [6.45, 7) is 2.91. The van der Waals surface area contributed by atoms with Crippen LogP contribution in [0.5, 0.6) is 5.75 Å². The molecule has 0 unspecified atom stereocenters. The van der Waals surface area contributed by atoms with Gasteiger partial charge in [0.15, 0.2) is 5.78 Å². The molecule has 0 saturated carbocycles. The van der Waals surface area contributed by atoms with Crippen molar-refractivity contribution in [2.75, 3.05) is 11.9 Å². The van der Waals surface area contributed by atoms with Crippen LogP contribution in [0.1, 0.15) is 55.1 Å². The summed E-state index contributed by atoms with van der Waals surface area (Å²) in [5, 5.41) is 4.67. The molecule has 0 bridgehead atoms. The average molecular weight is 359 g/mol. The van der Waals surface area contributed by atoms with E-state index in [4.69, 9.17) is 4.74 Å². The van der Waals surface area contributed by atoms with E-state index in [0.29, 0.717) is 10.6 Å². The first-order chi connectivity index (χ1) is 12.2. The Labute approximate surface area is 153 Å². The van der Waals surface area contributed by atoms with Crippen molar-refractivity contribution in [2.45, 2.75) is 45.4 Å². The van der Waals surface area contributed by atoms with Crippen molar-refractivity contribution in [3.8, 4) is 5.75 Å². The molecule has 0 fully saturated rings. The predicted octanol–water partition coefficient (Wildman–Crippen LogP) is 5.31. The number of Topliss-reactive ketones (excluding diaryl/α,β-unsaturated/α-hetero) is 1. The summed E-state index contributed by atoms with van der Waals surface area (Å²) < 4.78 is 5.68. The molecule has 1 aromatic carbocycles. The van der Waals surface area contributed by atoms with E-state index in [0.717, 1.165) is 18.8 Å². The van der Waals surface area contributed by atoms with Crippen molar-refractivity contribution in [3.05, 3.63) is 46.7 Å². The third-order valence-electron chi connectivity index (χ3n) is 3.78. The topological polar surface area (TPSA) is 55.4 Å². The van der Waals surface area contributed by atoms with Gasteiger partial charge in [0.2, 0.25) is 5.91 Å². The van der Waals surface area contributed by atoms with E-state index < -0.39 is 0 Å². The first kappa shape index (κ1) is 19.2. The van der Waals surface area contributed by atoms with Crippen LogP contribution >= 0.6 is 11.3 Å². The summed E-state index contributed by atoms with van der Waals surface area (Å²) in [5.74, 6) is 0.664. The first-order valence-corrected chi connectivity index (χ1v) is 9.66. The number of amides is 1. The average Bonchev–Trinajstić information content (AvgIpc) is 3.16. The second-order valence-electron chi connectivity index (χ2n) is 5.88. The van der Waals surface area contributed by atoms with Crippen molar-refractivity contribution in [3.63, 3.8) is 0 Å². The predicted molar refractivity (Wildman–Crippen MR) is 103 cm³/mol. The van der Waals surface area contributed by atoms with E-state index in [9.17, 15) is 9.59 Å². The van der Waals surface area contributed by atoms with Gasteiger partial charge in [0.05, 0.1) is 11.5 Å². The van der Waals surface area contributed by atoms with Gasteiger partial charge in [0, 0.05) is 18.5 Å². The van der Waals surface area contributed by atoms with Crippen LogP contribution in [0.3, 0.4) is 0 Å². The second kappa shape index (κ2) is 10.7. The molecule has 25 heavy (non-hydrogen) atoms. The molecule has 1 amide bonds. The van der Waals surface area contributed by atoms with Crippen LogP contribution in [-0.4, -0.2) is 18.3 Å². The molecular weight excluding hydrogens is 334 g/mol. The highest BCUT2D eigenvalue weighted by Crippen LogP contribution is 2.17. The third kappa shape index (κ3) is 7.10. The summed E-state index contributed by atoms with van der Waals surface area (Å²) in [6, 6.07) is 11.0. The number of carbonyl (C=O) groups excluding carboxylic acids is 2. The van der Waals surface area contributed by atoms with E-state index in [-0.39, 0.29) is 24.5 Å². The van der Waals surface area contributed by atoms with E-state index in [2.05, 4.69) is 12.2 Å². The maximum absolute atomic E-state index is 12.0. The number of benzene rings is 1. The van der Waals surface area contributed by atoms with Gasteiger partial charge in [-0.3, -0.25) is 9.59 Å². The van der Waals surface area contributed by atoms with Gasteiger partial charge in [0.25, 0.3) is 0 Å². The Morgan fingerprint density at radius 1 is 1.04 bits per heavy atom. The fourth-order valence-electron chi connectivity index (χ4n) is 2.36. The number of carbonyl (C=O) groups is 2. The van der Waals surface area contributed by atoms with Crippen LogP contribution in [0.15, 0.2) is 41.8 Å². The molecule has 2 rings (SSSR count). The van der Waals surface area contributed by atoms with Gasteiger partial charge < -0.3 is 10.1 Å². The summed E-state index contributed by atoms with van der Waals surface area (Å²) in [6.07, 6.45) is 5.12. The zero-order valence-corrected chi connectivity index (χ0v) is 15.4. The van der Waals surface area contributed by atoms with Crippen LogP contribution in [0.2, 0.25) is 0 Å². The minimum atomic E-state index is -0.154. The Hall–Kier alpha value is -2.14. The van der Waals surface area contributed by atoms with E-state index in [1.54, 1.807) is 6.07 Å². The first-order valence-electron chi connectivity index (χ1n) is 8.78. The largest absolute Gasteiger partial charge is 0.494 e. The lowest BCUT2D eigenvalue weighted by Gasteiger charge is -2.08. The summed E-state index contributed by atoms with van der Waals surface area (Å²) in [7, 11) is 0. The van der Waals surface area contributed by atoms with Crippen molar-refractivity contribution < 1.29 is 14.3 Å². The van der Waals surface area contributed by atoms with Crippen molar-refractivity contribution in [2.24, 2.45) is 0 Å². The minimum Gasteiger partial charge on any atom is -0.494 e. The number of ketones is 1. The zero-order chi connectivity index (χ0) is 17.9. The van der Waals surface area contributed by atoms with Crippen LogP contribution in [0.25, 0.3) is 0 Å². The van der Waals surface area contributed by atoms with Gasteiger partial charge in [-0.25, -0.2) is 0 Å². The Kier molecular flexibility index (Phi) is 8.19. The quantitative estimate of drug-likeness (QED) is 0.437. The van der Waals surface area contributed by atoms with Crippen LogP contribution in [0, 0.1) is 0 Å². The number of hydrogen-bond acceptors (Lipinski definition) is 4. The Morgan fingerprint density at radius 3 is 2.52 bits per heavy atom. The number of unbranched alkanes of at least 4 members (excludes halogenated alkanes) is 3. The molecule has 2 aromatic rings. The number of nitrogens with one attached hydrogen (secondary N) is 1. The molecule has 0 aliphatic carbocycles. The molecule has 0 saturated heterocycles. The van der Waals surface area contributed by atoms with Gasteiger partial charge in [-0.1, -0.05) is 32.3 Å². The molecule has 0 aliphatic rings. The molecule has 134 valence electrons. The summed E-state index contributed by atoms with van der Waals surface area (Å²) in [5.41, 5.74) is 0.715. The van der Waals surface area contributed by atoms with Gasteiger partial charge in [0.1, 0.15) is 5.75 Å². The maximum atomic E-state index is 12.0. The lowest BCUT2D eigenvalue weighted by Crippen LogP contribution is -2.13. The fourth-order valence-corrected chi connectivity index (χ4v) is 3.06. The lowest BCUT2D eigenvalue weighted by atomic mass is 10.2. The zero-order valence-electron chi connectivity index (χ0n) is 14.6. The smallest absolute Gasteiger partial charge is 0.224 e. The third-order valence-corrected chi connectivity index (χ3v) is 4.69. The minimum absolute atomic E-state index is 0.0111. The molecule has 0 spiro atoms. The van der Waals surface area contributed by atoms with E-state index in [1.807, 2.05) is 35.7 Å². The maximum Gasteiger partial charge on any atom is 0.224 e. The normalized spacial score (nSPS) is 10.4. The Bertz CT molecular complexity index is 650. The lowest BCUT2D eigenvalue weighted by molar-refractivity contribution is -0.116. The standard InChI is InChI=1S/C20H25NO3S/c1-2-3-4-5-14-24-17-10-8-16(9-11-17)21-20(23)13-12-18(22)19-7-6-15-25-19/h6-11,15H,2-5,12-14H2,1H3,(H,21,23). The number of ether oxygens (including phenoxy) is 1. The number of thiophene rings is 1. The molecule has 0 radical (unpaired) electrons. The van der Waals surface area contributed by atoms with E-state index in [1.165, 1.54) is 30.6 Å². The van der Waals surface area contributed by atoms with Crippen LogP contribution in [0.4, 0.5) is 5.69 Å². The highest BCUT2D eigenvalue weighted by atomic mass is 32.1. The monoisotopic (exact) mass is 359 g/mol. The highest BCUT2D eigenvalue weighted by molar-refractivity contribution is 7.12. The van der Waals surface area contributed by atoms with Crippen molar-refractivity contribution >= 4 is 28.7 Å². The van der Waals surface area contributed by atoms with Gasteiger partial charge in [-0.2, -0.15) is 0 Å². The molecule has 4 nitrogen and oxygen atoms in total. The van der Waals surface area contributed by atoms with Crippen molar-refractivity contribution in [1.29, 1.82) is 0 Å². The van der Waals surface area contributed by atoms with Crippen LogP contribution < -0.4 is 10.1 Å². The number of anilines is 1. The van der Waals surface area contributed by atoms with E-state index >= 15 is 0 Å². The van der Waals surface area contributed by atoms with Crippen molar-refractivity contribution in [1.82, 2.24) is 0 Å². The van der Waals surface area contributed by atoms with Crippen LogP contribution in [-0.2, 0) is 4.79 Å². The summed E-state index contributed by atoms with van der Waals surface area (Å²) in [4.78, 5) is 24.5. The Balaban J connectivity index is 1.69. The second-order valence-corrected chi connectivity index (χ2v) is 6.83. The van der Waals surface area contributed by atoms with Gasteiger partial charge in [-0.15, -0.1) is 11.3 Å².